The average Bonchev–Trinajstić information content (AvgIpc) is 3.17. The summed E-state index contributed by atoms with van der Waals surface area (Å²) in [4.78, 5) is 3.42. The SMILES string of the molecule is C=C(C)n1c(=C)/c(=C\C)c2cc(-c3ccc4cc(C)[nH]c4c3)ccc21.CC. The Hall–Kier alpha value is -3.00. The molecule has 4 aromatic rings. The molecular formula is C25H28N2. The lowest BCUT2D eigenvalue weighted by molar-refractivity contribution is 1.10. The summed E-state index contributed by atoms with van der Waals surface area (Å²) in [5.74, 6) is 0. The van der Waals surface area contributed by atoms with Gasteiger partial charge in [-0.3, -0.25) is 0 Å². The van der Waals surface area contributed by atoms with E-state index in [0.29, 0.717) is 0 Å². The fraction of sp³-hybridized carbons (Fsp3) is 0.200. The molecule has 0 radical (unpaired) electrons. The zero-order valence-electron chi connectivity index (χ0n) is 17.0. The zero-order valence-corrected chi connectivity index (χ0v) is 17.0. The summed E-state index contributed by atoms with van der Waals surface area (Å²) in [6, 6.07) is 15.4. The predicted octanol–water partition coefficient (Wildman–Crippen LogP) is 5.83. The number of rotatable bonds is 2. The summed E-state index contributed by atoms with van der Waals surface area (Å²) < 4.78 is 2.13. The molecule has 2 aromatic carbocycles. The molecule has 138 valence electrons. The standard InChI is InChI=1S/C23H22N2.C2H6/c1-6-20-16(5)25(14(2)3)23-10-9-17(12-21(20)23)18-7-8-19-11-15(4)24-22(19)13-18;1-2/h6-13,24H,2,5H2,1,3-4H3;1-2H3/b20-6+;. The van der Waals surface area contributed by atoms with E-state index in [2.05, 4.69) is 85.1 Å². The van der Waals surface area contributed by atoms with E-state index >= 15 is 0 Å². The molecule has 27 heavy (non-hydrogen) atoms. The van der Waals surface area contributed by atoms with E-state index in [0.717, 1.165) is 16.6 Å². The van der Waals surface area contributed by atoms with Crippen molar-refractivity contribution >= 4 is 40.2 Å². The minimum atomic E-state index is 0.985. The van der Waals surface area contributed by atoms with Crippen LogP contribution in [0.15, 0.2) is 49.0 Å². The number of nitrogens with one attached hydrogen (secondary N) is 1. The largest absolute Gasteiger partial charge is 0.359 e. The normalized spacial score (nSPS) is 11.7. The molecule has 0 unspecified atom stereocenters. The molecule has 0 aliphatic heterocycles. The number of allylic oxidation sites excluding steroid dienone is 1. The highest BCUT2D eigenvalue weighted by atomic mass is 15.0. The third kappa shape index (κ3) is 3.12. The fourth-order valence-corrected chi connectivity index (χ4v) is 3.76. The molecule has 0 saturated carbocycles. The quantitative estimate of drug-likeness (QED) is 0.467. The van der Waals surface area contributed by atoms with Gasteiger partial charge in [0.1, 0.15) is 0 Å². The van der Waals surface area contributed by atoms with Crippen molar-refractivity contribution in [3.63, 3.8) is 0 Å². The smallest absolute Gasteiger partial charge is 0.0537 e. The molecule has 2 nitrogen and oxygen atoms in total. The highest BCUT2D eigenvalue weighted by molar-refractivity contribution is 5.91. The van der Waals surface area contributed by atoms with Gasteiger partial charge >= 0.3 is 0 Å². The van der Waals surface area contributed by atoms with Gasteiger partial charge in [-0.05, 0) is 61.5 Å². The second-order valence-electron chi connectivity index (χ2n) is 6.71. The van der Waals surface area contributed by atoms with Gasteiger partial charge in [-0.15, -0.1) is 0 Å². The Morgan fingerprint density at radius 1 is 1.04 bits per heavy atom. The minimum absolute atomic E-state index is 0.985. The van der Waals surface area contributed by atoms with Crippen LogP contribution in [-0.2, 0) is 0 Å². The first-order valence-corrected chi connectivity index (χ1v) is 9.55. The van der Waals surface area contributed by atoms with E-state index in [4.69, 9.17) is 0 Å². The molecule has 0 aliphatic rings. The summed E-state index contributed by atoms with van der Waals surface area (Å²) in [6.07, 6.45) is 2.13. The van der Waals surface area contributed by atoms with Crippen molar-refractivity contribution < 1.29 is 0 Å². The number of aromatic amines is 1. The summed E-state index contributed by atoms with van der Waals surface area (Å²) >= 11 is 0. The van der Waals surface area contributed by atoms with E-state index in [-0.39, 0.29) is 0 Å². The summed E-state index contributed by atoms with van der Waals surface area (Å²) in [7, 11) is 0. The Labute approximate surface area is 161 Å². The molecule has 0 fully saturated rings. The number of hydrogen-bond donors (Lipinski definition) is 1. The predicted molar refractivity (Wildman–Crippen MR) is 121 cm³/mol. The fourth-order valence-electron chi connectivity index (χ4n) is 3.76. The first-order chi connectivity index (χ1) is 13.0. The molecule has 1 N–H and O–H groups in total. The van der Waals surface area contributed by atoms with Crippen LogP contribution in [-0.4, -0.2) is 9.55 Å². The van der Waals surface area contributed by atoms with Crippen molar-refractivity contribution in [2.45, 2.75) is 34.6 Å². The van der Waals surface area contributed by atoms with Crippen LogP contribution in [0.25, 0.3) is 51.3 Å². The molecule has 0 atom stereocenters. The number of fused-ring (bicyclic) bond motifs is 2. The van der Waals surface area contributed by atoms with Gasteiger partial charge in [-0.25, -0.2) is 0 Å². The molecule has 4 rings (SSSR count). The number of H-pyrrole nitrogens is 1. The lowest BCUT2D eigenvalue weighted by Gasteiger charge is -2.06. The first kappa shape index (κ1) is 18.8. The molecule has 0 spiro atoms. The zero-order chi connectivity index (χ0) is 19.7. The van der Waals surface area contributed by atoms with Crippen molar-refractivity contribution in [2.24, 2.45) is 0 Å². The Morgan fingerprint density at radius 3 is 2.37 bits per heavy atom. The van der Waals surface area contributed by atoms with Gasteiger partial charge < -0.3 is 9.55 Å². The second-order valence-corrected chi connectivity index (χ2v) is 6.71. The van der Waals surface area contributed by atoms with Crippen LogP contribution in [0.3, 0.4) is 0 Å². The van der Waals surface area contributed by atoms with Crippen LogP contribution in [0, 0.1) is 6.92 Å². The number of hydrogen-bond acceptors (Lipinski definition) is 0. The molecule has 0 bridgehead atoms. The third-order valence-corrected chi connectivity index (χ3v) is 4.87. The van der Waals surface area contributed by atoms with Crippen LogP contribution in [0.4, 0.5) is 0 Å². The summed E-state index contributed by atoms with van der Waals surface area (Å²) in [6.45, 7) is 18.5. The molecule has 2 heterocycles. The van der Waals surface area contributed by atoms with E-state index in [9.17, 15) is 0 Å². The van der Waals surface area contributed by atoms with Gasteiger partial charge in [-0.1, -0.05) is 51.3 Å². The number of nitrogens with zero attached hydrogens (tertiary/aromatic N) is 1. The monoisotopic (exact) mass is 356 g/mol. The van der Waals surface area contributed by atoms with E-state index in [1.165, 1.54) is 38.3 Å². The lowest BCUT2D eigenvalue weighted by Crippen LogP contribution is -2.26. The van der Waals surface area contributed by atoms with Crippen LogP contribution in [0.5, 0.6) is 0 Å². The highest BCUT2D eigenvalue weighted by Gasteiger charge is 2.09. The Kier molecular flexibility index (Phi) is 5.09. The van der Waals surface area contributed by atoms with Gasteiger partial charge in [0.05, 0.1) is 5.52 Å². The topological polar surface area (TPSA) is 20.7 Å². The molecule has 0 saturated heterocycles. The maximum Gasteiger partial charge on any atom is 0.0537 e. The Balaban J connectivity index is 0.00000102. The van der Waals surface area contributed by atoms with E-state index < -0.39 is 0 Å². The maximum absolute atomic E-state index is 4.26. The van der Waals surface area contributed by atoms with Crippen molar-refractivity contribution in [1.82, 2.24) is 9.55 Å². The summed E-state index contributed by atoms with van der Waals surface area (Å²) in [5, 5.41) is 4.64. The van der Waals surface area contributed by atoms with Crippen molar-refractivity contribution in [3.05, 3.63) is 65.3 Å². The Morgan fingerprint density at radius 2 is 1.70 bits per heavy atom. The minimum Gasteiger partial charge on any atom is -0.359 e. The van der Waals surface area contributed by atoms with Crippen LogP contribution >= 0.6 is 0 Å². The van der Waals surface area contributed by atoms with Crippen molar-refractivity contribution in [3.8, 4) is 11.1 Å². The van der Waals surface area contributed by atoms with Crippen LogP contribution < -0.4 is 10.6 Å². The van der Waals surface area contributed by atoms with Crippen LogP contribution in [0.2, 0.25) is 0 Å². The molecule has 0 aliphatic carbocycles. The molecular weight excluding hydrogens is 328 g/mol. The maximum atomic E-state index is 4.26. The number of benzene rings is 2. The number of aromatic nitrogens is 2. The third-order valence-electron chi connectivity index (χ3n) is 4.87. The number of aryl methyl sites for hydroxylation is 1. The average molecular weight is 357 g/mol. The van der Waals surface area contributed by atoms with Gasteiger partial charge in [-0.2, -0.15) is 0 Å². The van der Waals surface area contributed by atoms with Crippen molar-refractivity contribution in [1.29, 1.82) is 0 Å². The second kappa shape index (κ2) is 7.32. The molecule has 2 aromatic heterocycles. The van der Waals surface area contributed by atoms with Gasteiger partial charge in [0.2, 0.25) is 0 Å². The van der Waals surface area contributed by atoms with Crippen molar-refractivity contribution in [2.75, 3.05) is 0 Å². The van der Waals surface area contributed by atoms with Gasteiger partial charge in [0, 0.05) is 32.9 Å². The molecule has 2 heteroatoms. The van der Waals surface area contributed by atoms with Gasteiger partial charge in [0.15, 0.2) is 0 Å². The van der Waals surface area contributed by atoms with E-state index in [1.807, 2.05) is 20.8 Å². The van der Waals surface area contributed by atoms with Gasteiger partial charge in [0.25, 0.3) is 0 Å². The lowest BCUT2D eigenvalue weighted by atomic mass is 10.0. The molecule has 0 amide bonds. The van der Waals surface area contributed by atoms with Crippen LogP contribution in [0.1, 0.15) is 33.4 Å². The Bertz CT molecular complexity index is 1250. The highest BCUT2D eigenvalue weighted by Crippen LogP contribution is 2.27. The first-order valence-electron chi connectivity index (χ1n) is 9.55. The summed E-state index contributed by atoms with van der Waals surface area (Å²) in [5.41, 5.74) is 6.93. The van der Waals surface area contributed by atoms with E-state index in [1.54, 1.807) is 0 Å².